The highest BCUT2D eigenvalue weighted by Crippen LogP contribution is 2.18. The molecule has 0 aliphatic heterocycles. The van der Waals surface area contributed by atoms with E-state index in [4.69, 9.17) is 0 Å². The van der Waals surface area contributed by atoms with Crippen LogP contribution in [0.2, 0.25) is 0 Å². The van der Waals surface area contributed by atoms with Crippen LogP contribution < -0.4 is 10.2 Å². The fraction of sp³-hybridized carbons (Fsp3) is 0.333. The molecule has 4 nitrogen and oxygen atoms in total. The number of amides is 2. The van der Waals surface area contributed by atoms with Gasteiger partial charge in [0.1, 0.15) is 0 Å². The summed E-state index contributed by atoms with van der Waals surface area (Å²) in [6, 6.07) is 16.7. The summed E-state index contributed by atoms with van der Waals surface area (Å²) in [6.07, 6.45) is 3.60. The van der Waals surface area contributed by atoms with Gasteiger partial charge in [-0.05, 0) is 49.7 Å². The zero-order valence-electron chi connectivity index (χ0n) is 15.0. The molecule has 0 atom stereocenters. The maximum Gasteiger partial charge on any atom is 0.258 e. The van der Waals surface area contributed by atoms with Crippen molar-refractivity contribution in [3.05, 3.63) is 60.2 Å². The normalized spacial score (nSPS) is 10.3. The molecule has 1 N–H and O–H groups in total. The summed E-state index contributed by atoms with van der Waals surface area (Å²) in [5.74, 6) is -0.0264. The number of nitrogens with one attached hydrogen (secondary N) is 1. The lowest BCUT2D eigenvalue weighted by atomic mass is 10.1. The number of nitrogens with zero attached hydrogens (tertiary/aromatic N) is 1. The van der Waals surface area contributed by atoms with Crippen molar-refractivity contribution in [1.29, 1.82) is 0 Å². The van der Waals surface area contributed by atoms with Gasteiger partial charge >= 0.3 is 0 Å². The molecule has 0 fully saturated rings. The molecule has 132 valence electrons. The molecular weight excluding hydrogens is 312 g/mol. The van der Waals surface area contributed by atoms with Crippen LogP contribution in [0.4, 0.5) is 11.4 Å². The van der Waals surface area contributed by atoms with E-state index in [9.17, 15) is 9.59 Å². The molecule has 0 aliphatic carbocycles. The van der Waals surface area contributed by atoms with Crippen molar-refractivity contribution in [2.45, 2.75) is 39.5 Å². The summed E-state index contributed by atoms with van der Waals surface area (Å²) >= 11 is 0. The first-order valence-corrected chi connectivity index (χ1v) is 8.92. The lowest BCUT2D eigenvalue weighted by Crippen LogP contribution is -2.30. The number of anilines is 2. The van der Waals surface area contributed by atoms with Crippen LogP contribution in [0, 0.1) is 0 Å². The Balaban J connectivity index is 2.01. The summed E-state index contributed by atoms with van der Waals surface area (Å²) in [5.41, 5.74) is 2.21. The average Bonchev–Trinajstić information content (AvgIpc) is 2.64. The number of hydrogen-bond acceptors (Lipinski definition) is 2. The van der Waals surface area contributed by atoms with Gasteiger partial charge in [-0.1, -0.05) is 38.0 Å². The molecule has 25 heavy (non-hydrogen) atoms. The predicted molar refractivity (Wildman–Crippen MR) is 103 cm³/mol. The highest BCUT2D eigenvalue weighted by Gasteiger charge is 2.15. The third-order valence-corrected chi connectivity index (χ3v) is 4.05. The Morgan fingerprint density at radius 2 is 1.60 bits per heavy atom. The van der Waals surface area contributed by atoms with Gasteiger partial charge in [-0.15, -0.1) is 0 Å². The molecule has 0 aromatic heterocycles. The summed E-state index contributed by atoms with van der Waals surface area (Å²) in [7, 11) is 0. The van der Waals surface area contributed by atoms with Gasteiger partial charge in [-0.25, -0.2) is 0 Å². The number of rotatable bonds is 8. The van der Waals surface area contributed by atoms with Crippen molar-refractivity contribution < 1.29 is 9.59 Å². The fourth-order valence-corrected chi connectivity index (χ4v) is 2.66. The number of benzene rings is 2. The van der Waals surface area contributed by atoms with Crippen molar-refractivity contribution in [1.82, 2.24) is 0 Å². The average molecular weight is 338 g/mol. The Morgan fingerprint density at radius 1 is 0.920 bits per heavy atom. The van der Waals surface area contributed by atoms with E-state index in [0.29, 0.717) is 18.5 Å². The second kappa shape index (κ2) is 9.62. The fourth-order valence-electron chi connectivity index (χ4n) is 2.66. The Labute approximate surface area is 149 Å². The lowest BCUT2D eigenvalue weighted by Gasteiger charge is -2.21. The molecule has 0 saturated carbocycles. The van der Waals surface area contributed by atoms with Crippen LogP contribution in [0.15, 0.2) is 54.6 Å². The maximum absolute atomic E-state index is 12.7. The zero-order chi connectivity index (χ0) is 18.1. The summed E-state index contributed by atoms with van der Waals surface area (Å²) < 4.78 is 0. The van der Waals surface area contributed by atoms with E-state index in [2.05, 4.69) is 12.2 Å². The van der Waals surface area contributed by atoms with Gasteiger partial charge in [0, 0.05) is 29.9 Å². The van der Waals surface area contributed by atoms with E-state index >= 15 is 0 Å². The van der Waals surface area contributed by atoms with Crippen molar-refractivity contribution >= 4 is 23.2 Å². The Hall–Kier alpha value is -2.62. The minimum atomic E-state index is -0.0467. The largest absolute Gasteiger partial charge is 0.326 e. The van der Waals surface area contributed by atoms with Gasteiger partial charge < -0.3 is 10.2 Å². The predicted octanol–water partition coefficient (Wildman–Crippen LogP) is 4.87. The van der Waals surface area contributed by atoms with Gasteiger partial charge in [0.15, 0.2) is 0 Å². The highest BCUT2D eigenvalue weighted by atomic mass is 16.2. The van der Waals surface area contributed by atoms with Crippen molar-refractivity contribution in [3.8, 4) is 0 Å². The van der Waals surface area contributed by atoms with Crippen molar-refractivity contribution in [2.24, 2.45) is 0 Å². The first kappa shape index (κ1) is 18.7. The van der Waals surface area contributed by atoms with Crippen LogP contribution in [-0.2, 0) is 4.79 Å². The van der Waals surface area contributed by atoms with Gasteiger partial charge in [0.05, 0.1) is 0 Å². The molecule has 0 radical (unpaired) electrons. The monoisotopic (exact) mass is 338 g/mol. The number of para-hydroxylation sites is 1. The highest BCUT2D eigenvalue weighted by molar-refractivity contribution is 6.06. The zero-order valence-corrected chi connectivity index (χ0v) is 15.0. The van der Waals surface area contributed by atoms with Crippen LogP contribution in [0.3, 0.4) is 0 Å². The third kappa shape index (κ3) is 5.45. The van der Waals surface area contributed by atoms with Crippen molar-refractivity contribution in [3.63, 3.8) is 0 Å². The maximum atomic E-state index is 12.7. The van der Waals surface area contributed by atoms with E-state index in [1.807, 2.05) is 37.3 Å². The second-order valence-corrected chi connectivity index (χ2v) is 5.97. The molecule has 0 spiro atoms. The molecule has 0 bridgehead atoms. The topological polar surface area (TPSA) is 49.4 Å². The number of unbranched alkanes of at least 4 members (excludes halogenated alkanes) is 2. The van der Waals surface area contributed by atoms with Crippen LogP contribution in [0.5, 0.6) is 0 Å². The minimum Gasteiger partial charge on any atom is -0.326 e. The standard InChI is InChI=1S/C21H26N2O2/c1-3-5-7-12-20(24)22-18-15-13-17(14-16-18)21(25)23(4-2)19-10-8-6-9-11-19/h6,8-11,13-16H,3-5,7,12H2,1-2H3,(H,22,24). The molecule has 0 unspecified atom stereocenters. The Kier molecular flexibility index (Phi) is 7.20. The molecule has 0 heterocycles. The summed E-state index contributed by atoms with van der Waals surface area (Å²) in [6.45, 7) is 4.66. The number of hydrogen-bond donors (Lipinski definition) is 1. The van der Waals surface area contributed by atoms with Gasteiger partial charge in [-0.2, -0.15) is 0 Å². The van der Waals surface area contributed by atoms with E-state index in [0.717, 1.165) is 30.6 Å². The SMILES string of the molecule is CCCCCC(=O)Nc1ccc(C(=O)N(CC)c2ccccc2)cc1. The molecule has 4 heteroatoms. The van der Waals surface area contributed by atoms with E-state index in [-0.39, 0.29) is 11.8 Å². The van der Waals surface area contributed by atoms with Crippen LogP contribution in [-0.4, -0.2) is 18.4 Å². The second-order valence-electron chi connectivity index (χ2n) is 5.97. The quantitative estimate of drug-likeness (QED) is 0.698. The Morgan fingerprint density at radius 3 is 2.20 bits per heavy atom. The van der Waals surface area contributed by atoms with Gasteiger partial charge in [0.2, 0.25) is 5.91 Å². The van der Waals surface area contributed by atoms with E-state index in [1.165, 1.54) is 0 Å². The van der Waals surface area contributed by atoms with E-state index in [1.54, 1.807) is 29.2 Å². The van der Waals surface area contributed by atoms with Gasteiger partial charge in [-0.3, -0.25) is 9.59 Å². The Bertz CT molecular complexity index is 681. The summed E-state index contributed by atoms with van der Waals surface area (Å²) in [4.78, 5) is 26.3. The first-order chi connectivity index (χ1) is 12.2. The third-order valence-electron chi connectivity index (χ3n) is 4.05. The lowest BCUT2D eigenvalue weighted by molar-refractivity contribution is -0.116. The molecule has 2 amide bonds. The number of carbonyl (C=O) groups excluding carboxylic acids is 2. The molecule has 0 aliphatic rings. The summed E-state index contributed by atoms with van der Waals surface area (Å²) in [5, 5.41) is 2.88. The van der Waals surface area contributed by atoms with E-state index < -0.39 is 0 Å². The van der Waals surface area contributed by atoms with Crippen LogP contribution >= 0.6 is 0 Å². The molecule has 2 aromatic carbocycles. The molecule has 2 rings (SSSR count). The molecule has 2 aromatic rings. The van der Waals surface area contributed by atoms with Crippen LogP contribution in [0.1, 0.15) is 49.9 Å². The smallest absolute Gasteiger partial charge is 0.258 e. The first-order valence-electron chi connectivity index (χ1n) is 8.92. The molecular formula is C21H26N2O2. The number of carbonyl (C=O) groups is 2. The van der Waals surface area contributed by atoms with Gasteiger partial charge in [0.25, 0.3) is 5.91 Å². The van der Waals surface area contributed by atoms with Crippen LogP contribution in [0.25, 0.3) is 0 Å². The molecule has 0 saturated heterocycles. The minimum absolute atomic E-state index is 0.0204. The van der Waals surface area contributed by atoms with Crippen molar-refractivity contribution in [2.75, 3.05) is 16.8 Å².